The molecule has 0 saturated carbocycles. The second kappa shape index (κ2) is 8.09. The zero-order valence-corrected chi connectivity index (χ0v) is 14.1. The Morgan fingerprint density at radius 1 is 1.29 bits per heavy atom. The van der Waals surface area contributed by atoms with Crippen LogP contribution < -0.4 is 0 Å². The smallest absolute Gasteiger partial charge is 0.348 e. The number of aliphatic carboxylic acids is 1. The van der Waals surface area contributed by atoms with Gasteiger partial charge in [0.05, 0.1) is 19.4 Å². The van der Waals surface area contributed by atoms with E-state index in [1.54, 1.807) is 13.8 Å². The Labute approximate surface area is 139 Å². The summed E-state index contributed by atoms with van der Waals surface area (Å²) in [4.78, 5) is 46.1. The minimum Gasteiger partial charge on any atom is -0.481 e. The molecule has 0 radical (unpaired) electrons. The molecule has 0 spiro atoms. The van der Waals surface area contributed by atoms with Crippen molar-refractivity contribution in [3.8, 4) is 0 Å². The third-order valence-corrected chi connectivity index (χ3v) is 2.84. The van der Waals surface area contributed by atoms with Gasteiger partial charge in [0.1, 0.15) is 0 Å². The van der Waals surface area contributed by atoms with Gasteiger partial charge in [0, 0.05) is 13.8 Å². The number of carbonyl (C=O) groups excluding carboxylic acids is 3. The zero-order chi connectivity index (χ0) is 18.5. The van der Waals surface area contributed by atoms with Crippen LogP contribution >= 0.6 is 0 Å². The van der Waals surface area contributed by atoms with Crippen molar-refractivity contribution in [2.45, 2.75) is 58.5 Å². The molecule has 9 nitrogen and oxygen atoms in total. The lowest BCUT2D eigenvalue weighted by Gasteiger charge is -2.17. The van der Waals surface area contributed by atoms with Crippen molar-refractivity contribution in [2.24, 2.45) is 5.92 Å². The fourth-order valence-corrected chi connectivity index (χ4v) is 1.88. The van der Waals surface area contributed by atoms with E-state index in [0.29, 0.717) is 0 Å². The molecule has 1 aliphatic rings. The van der Waals surface area contributed by atoms with Crippen molar-refractivity contribution in [3.63, 3.8) is 0 Å². The summed E-state index contributed by atoms with van der Waals surface area (Å²) in [6.45, 7) is 6.69. The Balaban J connectivity index is 2.62. The first kappa shape index (κ1) is 19.9. The minimum absolute atomic E-state index is 0.0408. The minimum atomic E-state index is -1.58. The highest BCUT2D eigenvalue weighted by molar-refractivity contribution is 5.86. The number of cyclic esters (lactones) is 1. The summed E-state index contributed by atoms with van der Waals surface area (Å²) in [7, 11) is 0. The zero-order valence-electron chi connectivity index (χ0n) is 14.1. The van der Waals surface area contributed by atoms with Gasteiger partial charge in [-0.15, -0.1) is 0 Å². The summed E-state index contributed by atoms with van der Waals surface area (Å²) in [5.41, 5.74) is 0. The predicted octanol–water partition coefficient (Wildman–Crippen LogP) is 0.640. The summed E-state index contributed by atoms with van der Waals surface area (Å²) in [5, 5.41) is 8.82. The van der Waals surface area contributed by atoms with Gasteiger partial charge in [-0.05, 0) is 5.92 Å². The number of ether oxygens (including phenoxy) is 4. The number of hydrogen-bond acceptors (Lipinski definition) is 8. The number of carbonyl (C=O) groups is 4. The van der Waals surface area contributed by atoms with Crippen molar-refractivity contribution >= 4 is 23.9 Å². The van der Waals surface area contributed by atoms with Gasteiger partial charge in [-0.1, -0.05) is 13.8 Å². The Bertz CT molecular complexity index is 509. The van der Waals surface area contributed by atoms with E-state index in [-0.39, 0.29) is 12.5 Å². The van der Waals surface area contributed by atoms with Gasteiger partial charge >= 0.3 is 23.9 Å². The highest BCUT2D eigenvalue weighted by Gasteiger charge is 2.42. The quantitative estimate of drug-likeness (QED) is 0.497. The fourth-order valence-electron chi connectivity index (χ4n) is 1.88. The molecule has 0 aromatic heterocycles. The summed E-state index contributed by atoms with van der Waals surface area (Å²) in [6, 6.07) is 0. The first-order chi connectivity index (χ1) is 11.0. The lowest BCUT2D eigenvalue weighted by atomic mass is 10.2. The molecule has 1 aliphatic heterocycles. The lowest BCUT2D eigenvalue weighted by Crippen LogP contribution is -2.34. The van der Waals surface area contributed by atoms with E-state index >= 15 is 0 Å². The topological polar surface area (TPSA) is 125 Å². The Kier molecular flexibility index (Phi) is 6.70. The highest BCUT2D eigenvalue weighted by atomic mass is 16.8. The number of hydrogen-bond donors (Lipinski definition) is 1. The van der Waals surface area contributed by atoms with Crippen LogP contribution in [0.4, 0.5) is 0 Å². The second-order valence-corrected chi connectivity index (χ2v) is 6.23. The number of esters is 3. The summed E-state index contributed by atoms with van der Waals surface area (Å²) < 4.78 is 19.9. The Morgan fingerprint density at radius 3 is 2.38 bits per heavy atom. The Hall–Kier alpha value is -2.16. The average Bonchev–Trinajstić information content (AvgIpc) is 2.67. The van der Waals surface area contributed by atoms with E-state index in [0.717, 1.165) is 0 Å². The third-order valence-electron chi connectivity index (χ3n) is 2.84. The molecule has 2 atom stereocenters. The maximum absolute atomic E-state index is 11.9. The molecule has 1 saturated heterocycles. The second-order valence-electron chi connectivity index (χ2n) is 6.23. The van der Waals surface area contributed by atoms with Crippen molar-refractivity contribution in [1.82, 2.24) is 0 Å². The van der Waals surface area contributed by atoms with Crippen LogP contribution in [-0.2, 0) is 38.1 Å². The molecule has 0 aromatic rings. The maximum Gasteiger partial charge on any atom is 0.348 e. The molecule has 0 aromatic carbocycles. The van der Waals surface area contributed by atoms with Gasteiger partial charge < -0.3 is 24.1 Å². The molecule has 0 unspecified atom stereocenters. The van der Waals surface area contributed by atoms with E-state index in [4.69, 9.17) is 24.1 Å². The third kappa shape index (κ3) is 6.53. The summed E-state index contributed by atoms with van der Waals surface area (Å²) in [5.74, 6) is -5.07. The molecule has 1 fully saturated rings. The summed E-state index contributed by atoms with van der Waals surface area (Å²) >= 11 is 0. The monoisotopic (exact) mass is 346 g/mol. The van der Waals surface area contributed by atoms with E-state index in [2.05, 4.69) is 0 Å². The van der Waals surface area contributed by atoms with Gasteiger partial charge in [0.15, 0.2) is 6.10 Å². The predicted molar refractivity (Wildman–Crippen MR) is 77.6 cm³/mol. The first-order valence-electron chi connectivity index (χ1n) is 7.48. The number of carboxylic acids is 1. The van der Waals surface area contributed by atoms with Crippen LogP contribution in [0.5, 0.6) is 0 Å². The van der Waals surface area contributed by atoms with E-state index in [1.807, 2.05) is 0 Å². The van der Waals surface area contributed by atoms with Crippen LogP contribution in [0.25, 0.3) is 0 Å². The standard InChI is InChI=1S/C15H22O9/c1-8(2)7-21-13(19)9(5-11(16)17)22-12(18)6-10-14(20)24-15(3,4)23-10/h8-10H,5-7H2,1-4H3,(H,16,17)/t9-,10-/m0/s1. The summed E-state index contributed by atoms with van der Waals surface area (Å²) in [6.07, 6.45) is -3.97. The van der Waals surface area contributed by atoms with Crippen molar-refractivity contribution < 1.29 is 43.2 Å². The van der Waals surface area contributed by atoms with Gasteiger partial charge in [0.25, 0.3) is 0 Å². The molecule has 24 heavy (non-hydrogen) atoms. The van der Waals surface area contributed by atoms with Crippen LogP contribution in [0.3, 0.4) is 0 Å². The molecule has 9 heteroatoms. The van der Waals surface area contributed by atoms with E-state index in [9.17, 15) is 19.2 Å². The van der Waals surface area contributed by atoms with Gasteiger partial charge in [-0.25, -0.2) is 9.59 Å². The van der Waals surface area contributed by atoms with Crippen molar-refractivity contribution in [2.75, 3.05) is 6.61 Å². The molecule has 0 bridgehead atoms. The number of rotatable bonds is 8. The SMILES string of the molecule is CC(C)COC(=O)[C@H](CC(=O)O)OC(=O)C[C@@H]1OC(C)(C)OC1=O. The molecular formula is C15H22O9. The van der Waals surface area contributed by atoms with E-state index < -0.39 is 54.7 Å². The van der Waals surface area contributed by atoms with Crippen LogP contribution in [0, 0.1) is 5.92 Å². The van der Waals surface area contributed by atoms with Gasteiger partial charge in [0.2, 0.25) is 11.9 Å². The first-order valence-corrected chi connectivity index (χ1v) is 7.48. The Morgan fingerprint density at radius 2 is 1.92 bits per heavy atom. The lowest BCUT2D eigenvalue weighted by molar-refractivity contribution is -0.174. The molecule has 0 amide bonds. The molecule has 136 valence electrons. The fraction of sp³-hybridized carbons (Fsp3) is 0.733. The van der Waals surface area contributed by atoms with Gasteiger partial charge in [-0.2, -0.15) is 0 Å². The van der Waals surface area contributed by atoms with Gasteiger partial charge in [-0.3, -0.25) is 9.59 Å². The molecular weight excluding hydrogens is 324 g/mol. The molecule has 0 aliphatic carbocycles. The van der Waals surface area contributed by atoms with E-state index in [1.165, 1.54) is 13.8 Å². The van der Waals surface area contributed by atoms with Crippen molar-refractivity contribution in [1.29, 1.82) is 0 Å². The van der Waals surface area contributed by atoms with Crippen LogP contribution in [-0.4, -0.2) is 53.6 Å². The maximum atomic E-state index is 11.9. The average molecular weight is 346 g/mol. The molecule has 1 heterocycles. The van der Waals surface area contributed by atoms with Crippen LogP contribution in [0.15, 0.2) is 0 Å². The van der Waals surface area contributed by atoms with Crippen molar-refractivity contribution in [3.05, 3.63) is 0 Å². The van der Waals surface area contributed by atoms with Crippen LogP contribution in [0.1, 0.15) is 40.5 Å². The largest absolute Gasteiger partial charge is 0.481 e. The number of carboxylic acid groups (broad SMARTS) is 1. The molecule has 1 rings (SSSR count). The normalized spacial score (nSPS) is 20.4. The highest BCUT2D eigenvalue weighted by Crippen LogP contribution is 2.25. The van der Waals surface area contributed by atoms with Crippen LogP contribution in [0.2, 0.25) is 0 Å². The molecule has 1 N–H and O–H groups in total.